The molecule has 1 atom stereocenters. The van der Waals surface area contributed by atoms with Crippen molar-refractivity contribution >= 4 is 28.8 Å². The molecule has 1 aromatic carbocycles. The van der Waals surface area contributed by atoms with Crippen LogP contribution in [0, 0.1) is 6.92 Å². The molecule has 0 saturated heterocycles. The van der Waals surface area contributed by atoms with Crippen molar-refractivity contribution in [3.63, 3.8) is 0 Å². The number of carbonyl (C=O) groups excluding carboxylic acids is 1. The smallest absolute Gasteiger partial charge is 0.231 e. The van der Waals surface area contributed by atoms with E-state index in [-0.39, 0.29) is 18.5 Å². The van der Waals surface area contributed by atoms with E-state index in [2.05, 4.69) is 10.3 Å². The third-order valence-corrected chi connectivity index (χ3v) is 4.29. The number of nitrogens with one attached hydrogen (secondary N) is 1. The van der Waals surface area contributed by atoms with Gasteiger partial charge < -0.3 is 5.73 Å². The van der Waals surface area contributed by atoms with Crippen molar-refractivity contribution < 1.29 is 4.79 Å². The average molecular weight is 310 g/mol. The number of primary amides is 1. The number of nitrogens with zero attached hydrogens (tertiary/aromatic N) is 1. The highest BCUT2D eigenvalue weighted by Crippen LogP contribution is 2.30. The molecule has 1 aromatic heterocycles. The molecule has 106 valence electrons. The highest BCUT2D eigenvalue weighted by Gasteiger charge is 2.15. The molecule has 0 aliphatic heterocycles. The zero-order valence-electron chi connectivity index (χ0n) is 11.3. The lowest BCUT2D eigenvalue weighted by molar-refractivity contribution is -0.117. The molecule has 0 fully saturated rings. The first-order valence-corrected chi connectivity index (χ1v) is 7.41. The molecule has 6 heteroatoms. The molecular weight excluding hydrogens is 294 g/mol. The van der Waals surface area contributed by atoms with E-state index in [4.69, 9.17) is 17.3 Å². The number of rotatable bonds is 5. The molecule has 0 saturated carbocycles. The minimum Gasteiger partial charge on any atom is -0.369 e. The number of hydrogen-bond acceptors (Lipinski definition) is 4. The Hall–Kier alpha value is -1.43. The molecule has 0 aliphatic rings. The maximum Gasteiger partial charge on any atom is 0.231 e. The number of halogens is 1. The highest BCUT2D eigenvalue weighted by atomic mass is 35.5. The first kappa shape index (κ1) is 15.0. The van der Waals surface area contributed by atoms with Crippen LogP contribution in [0.1, 0.15) is 22.9 Å². The standard InChI is InChI=1S/C14H16ClN3OS/c1-8(17-7-12(16)19)14-18-13(9(2)20-14)10-3-5-11(15)6-4-10/h3-6,8,17H,7H2,1-2H3,(H2,16,19)/t8-/m1/s1. The summed E-state index contributed by atoms with van der Waals surface area (Å²) in [6.07, 6.45) is 0. The van der Waals surface area contributed by atoms with Gasteiger partial charge in [0.2, 0.25) is 5.91 Å². The minimum absolute atomic E-state index is 0.00718. The largest absolute Gasteiger partial charge is 0.369 e. The Morgan fingerprint density at radius 1 is 1.45 bits per heavy atom. The fourth-order valence-electron chi connectivity index (χ4n) is 1.82. The Labute approximate surface area is 127 Å². The van der Waals surface area contributed by atoms with E-state index in [9.17, 15) is 4.79 Å². The van der Waals surface area contributed by atoms with Crippen LogP contribution in [0.4, 0.5) is 0 Å². The molecule has 4 nitrogen and oxygen atoms in total. The topological polar surface area (TPSA) is 68.0 Å². The fraction of sp³-hybridized carbons (Fsp3) is 0.286. The van der Waals surface area contributed by atoms with Gasteiger partial charge in [0.1, 0.15) is 5.01 Å². The van der Waals surface area contributed by atoms with Crippen molar-refractivity contribution in [2.45, 2.75) is 19.9 Å². The lowest BCUT2D eigenvalue weighted by Gasteiger charge is -2.08. The fourth-order valence-corrected chi connectivity index (χ4v) is 2.92. The number of aryl methyl sites for hydroxylation is 1. The van der Waals surface area contributed by atoms with E-state index >= 15 is 0 Å². The van der Waals surface area contributed by atoms with E-state index in [1.807, 2.05) is 38.1 Å². The summed E-state index contributed by atoms with van der Waals surface area (Å²) in [7, 11) is 0. The molecule has 0 unspecified atom stereocenters. The van der Waals surface area contributed by atoms with Gasteiger partial charge in [-0.15, -0.1) is 11.3 Å². The van der Waals surface area contributed by atoms with Crippen molar-refractivity contribution in [3.05, 3.63) is 39.2 Å². The van der Waals surface area contributed by atoms with Crippen LogP contribution in [-0.4, -0.2) is 17.4 Å². The van der Waals surface area contributed by atoms with Gasteiger partial charge in [-0.2, -0.15) is 0 Å². The molecule has 20 heavy (non-hydrogen) atoms. The number of thiazole rings is 1. The Morgan fingerprint density at radius 2 is 2.10 bits per heavy atom. The van der Waals surface area contributed by atoms with E-state index in [1.54, 1.807) is 11.3 Å². The number of benzene rings is 1. The number of aromatic nitrogens is 1. The lowest BCUT2D eigenvalue weighted by Crippen LogP contribution is -2.30. The molecular formula is C14H16ClN3OS. The van der Waals surface area contributed by atoms with Crippen LogP contribution in [0.2, 0.25) is 5.02 Å². The second-order valence-corrected chi connectivity index (χ2v) is 6.20. The normalized spacial score (nSPS) is 12.3. The predicted octanol–water partition coefficient (Wildman–Crippen LogP) is 2.91. The molecule has 0 spiro atoms. The van der Waals surface area contributed by atoms with Crippen LogP contribution in [0.25, 0.3) is 11.3 Å². The number of amides is 1. The van der Waals surface area contributed by atoms with Crippen molar-refractivity contribution in [1.29, 1.82) is 0 Å². The molecule has 1 heterocycles. The third-order valence-electron chi connectivity index (χ3n) is 2.88. The van der Waals surface area contributed by atoms with E-state index in [0.29, 0.717) is 5.02 Å². The van der Waals surface area contributed by atoms with Crippen LogP contribution < -0.4 is 11.1 Å². The maximum atomic E-state index is 10.8. The summed E-state index contributed by atoms with van der Waals surface area (Å²) < 4.78 is 0. The first-order valence-electron chi connectivity index (χ1n) is 6.22. The Morgan fingerprint density at radius 3 is 2.70 bits per heavy atom. The second-order valence-electron chi connectivity index (χ2n) is 4.53. The average Bonchev–Trinajstić information content (AvgIpc) is 2.79. The molecule has 0 radical (unpaired) electrons. The van der Waals surface area contributed by atoms with Gasteiger partial charge in [0.25, 0.3) is 0 Å². The third kappa shape index (κ3) is 3.56. The van der Waals surface area contributed by atoms with Crippen molar-refractivity contribution in [2.75, 3.05) is 6.54 Å². The van der Waals surface area contributed by atoms with Crippen LogP contribution in [0.3, 0.4) is 0 Å². The minimum atomic E-state index is -0.372. The summed E-state index contributed by atoms with van der Waals surface area (Å²) in [5.74, 6) is -0.372. The first-order chi connectivity index (χ1) is 9.47. The quantitative estimate of drug-likeness (QED) is 0.892. The van der Waals surface area contributed by atoms with Gasteiger partial charge in [-0.05, 0) is 26.0 Å². The van der Waals surface area contributed by atoms with Gasteiger partial charge in [-0.25, -0.2) is 4.98 Å². The predicted molar refractivity (Wildman–Crippen MR) is 82.9 cm³/mol. The number of hydrogen-bond donors (Lipinski definition) is 2. The van der Waals surface area contributed by atoms with Gasteiger partial charge in [0.05, 0.1) is 18.3 Å². The van der Waals surface area contributed by atoms with E-state index in [0.717, 1.165) is 21.1 Å². The van der Waals surface area contributed by atoms with Crippen molar-refractivity contribution in [1.82, 2.24) is 10.3 Å². The van der Waals surface area contributed by atoms with Crippen LogP contribution in [0.5, 0.6) is 0 Å². The Balaban J connectivity index is 2.20. The lowest BCUT2D eigenvalue weighted by atomic mass is 10.1. The Kier molecular flexibility index (Phi) is 4.75. The van der Waals surface area contributed by atoms with Crippen molar-refractivity contribution in [2.24, 2.45) is 5.73 Å². The second kappa shape index (κ2) is 6.35. The zero-order chi connectivity index (χ0) is 14.7. The molecule has 0 bridgehead atoms. The number of nitrogens with two attached hydrogens (primary N) is 1. The SMILES string of the molecule is Cc1sc([C@@H](C)NCC(N)=O)nc1-c1ccc(Cl)cc1. The molecule has 1 amide bonds. The molecule has 3 N–H and O–H groups in total. The van der Waals surface area contributed by atoms with Crippen LogP contribution in [-0.2, 0) is 4.79 Å². The molecule has 0 aliphatic carbocycles. The van der Waals surface area contributed by atoms with Crippen LogP contribution in [0.15, 0.2) is 24.3 Å². The summed E-state index contributed by atoms with van der Waals surface area (Å²) in [5.41, 5.74) is 7.12. The number of carbonyl (C=O) groups is 1. The summed E-state index contributed by atoms with van der Waals surface area (Å²) in [5, 5.41) is 4.70. The monoisotopic (exact) mass is 309 g/mol. The van der Waals surface area contributed by atoms with Gasteiger partial charge >= 0.3 is 0 Å². The van der Waals surface area contributed by atoms with Gasteiger partial charge in [0, 0.05) is 15.5 Å². The van der Waals surface area contributed by atoms with Gasteiger partial charge in [-0.1, -0.05) is 23.7 Å². The van der Waals surface area contributed by atoms with E-state index in [1.165, 1.54) is 0 Å². The summed E-state index contributed by atoms with van der Waals surface area (Å²) in [6, 6.07) is 7.60. The van der Waals surface area contributed by atoms with Gasteiger partial charge in [0.15, 0.2) is 0 Å². The van der Waals surface area contributed by atoms with E-state index < -0.39 is 0 Å². The van der Waals surface area contributed by atoms with Gasteiger partial charge in [-0.3, -0.25) is 10.1 Å². The Bertz CT molecular complexity index is 609. The van der Waals surface area contributed by atoms with Crippen molar-refractivity contribution in [3.8, 4) is 11.3 Å². The maximum absolute atomic E-state index is 10.8. The summed E-state index contributed by atoms with van der Waals surface area (Å²) >= 11 is 7.51. The highest BCUT2D eigenvalue weighted by molar-refractivity contribution is 7.12. The zero-order valence-corrected chi connectivity index (χ0v) is 12.9. The molecule has 2 rings (SSSR count). The van der Waals surface area contributed by atoms with Crippen LogP contribution >= 0.6 is 22.9 Å². The summed E-state index contributed by atoms with van der Waals surface area (Å²) in [6.45, 7) is 4.15. The molecule has 2 aromatic rings. The summed E-state index contributed by atoms with van der Waals surface area (Å²) in [4.78, 5) is 16.6.